The molecule has 9 heterocycles. The van der Waals surface area contributed by atoms with Crippen molar-refractivity contribution in [3.63, 3.8) is 0 Å². The van der Waals surface area contributed by atoms with E-state index in [1.807, 2.05) is 66.9 Å². The highest BCUT2D eigenvalue weighted by atomic mass is 32.1. The second-order valence-corrected chi connectivity index (χ2v) is 34.7. The lowest BCUT2D eigenvalue weighted by molar-refractivity contribution is 0.433. The summed E-state index contributed by atoms with van der Waals surface area (Å²) in [5, 5.41) is 0.960. The second-order valence-electron chi connectivity index (χ2n) is 33.7. The van der Waals surface area contributed by atoms with Crippen molar-refractivity contribution in [2.45, 2.75) is 133 Å². The predicted octanol–water partition coefficient (Wildman–Crippen LogP) is 28.6. The van der Waals surface area contributed by atoms with Crippen LogP contribution in [-0.4, -0.2) is 47.8 Å². The summed E-state index contributed by atoms with van der Waals surface area (Å²) in [6.07, 6.45) is 23.6. The molecule has 15 heteroatoms. The molecule has 17 rings (SSSR count). The molecule has 5 aromatic heterocycles. The van der Waals surface area contributed by atoms with Crippen molar-refractivity contribution in [1.82, 2.24) is 24.9 Å². The van der Waals surface area contributed by atoms with E-state index in [0.29, 0.717) is 23.7 Å². The third kappa shape index (κ3) is 23.9. The maximum Gasteiger partial charge on any atom is 0.124 e. The van der Waals surface area contributed by atoms with Gasteiger partial charge in [0.2, 0.25) is 0 Å². The van der Waals surface area contributed by atoms with Gasteiger partial charge in [-0.25, -0.2) is 26.9 Å². The first kappa shape index (κ1) is 87.1. The van der Waals surface area contributed by atoms with Crippen molar-refractivity contribution in [3.8, 4) is 32.3 Å². The molecular weight excluding hydrogens is 1540 g/mol. The zero-order chi connectivity index (χ0) is 85.8. The van der Waals surface area contributed by atoms with Crippen molar-refractivity contribution >= 4 is 73.6 Å². The molecule has 0 unspecified atom stereocenters. The fourth-order valence-electron chi connectivity index (χ4n) is 15.0. The van der Waals surface area contributed by atoms with Crippen LogP contribution < -0.4 is 0 Å². The quantitative estimate of drug-likeness (QED) is 0.0705. The van der Waals surface area contributed by atoms with Crippen LogP contribution in [0, 0.1) is 52.3 Å². The summed E-state index contributed by atoms with van der Waals surface area (Å²) in [4.78, 5) is 41.6. The number of benzene rings is 8. The fourth-order valence-corrected chi connectivity index (χ4v) is 16.1. The van der Waals surface area contributed by atoms with Gasteiger partial charge < -0.3 is 0 Å². The molecule has 13 aromatic rings. The zero-order valence-corrected chi connectivity index (χ0v) is 71.9. The van der Waals surface area contributed by atoms with Gasteiger partial charge in [-0.3, -0.25) is 39.9 Å². The average Bonchev–Trinajstić information content (AvgIpc) is 1.66. The molecule has 0 spiro atoms. The number of aliphatic imine (C=N–C) groups is 4. The molecular formula is C107H102F5N9S. The highest BCUT2D eigenvalue weighted by Gasteiger charge is 2.27. The normalized spacial score (nSPS) is 13.7. The highest BCUT2D eigenvalue weighted by molar-refractivity contribution is 7.19. The van der Waals surface area contributed by atoms with E-state index in [1.54, 1.807) is 109 Å². The van der Waals surface area contributed by atoms with Crippen LogP contribution in [-0.2, 0) is 12.8 Å². The smallest absolute Gasteiger partial charge is 0.124 e. The summed E-state index contributed by atoms with van der Waals surface area (Å²) in [6.45, 7) is 24.4. The molecule has 0 amide bonds. The number of thiazole rings is 1. The molecule has 0 fully saturated rings. The molecule has 8 aromatic carbocycles. The fraction of sp³-hybridized carbons (Fsp3) is 0.224. The van der Waals surface area contributed by atoms with Crippen LogP contribution in [0.2, 0.25) is 0 Å². The molecule has 0 bridgehead atoms. The zero-order valence-electron chi connectivity index (χ0n) is 71.1. The number of rotatable bonds is 20. The van der Waals surface area contributed by atoms with Crippen LogP contribution in [0.15, 0.2) is 318 Å². The SMILES string of the molecule is CC(C)(C)CC1=NC(c2ccc(F)cc2)=C(c2ccncc2)C1.CC(C)CC1=NC(c2ccc(F)cc2)=C(c2ccncc2)C1.CC(C)Cc1ccc(-c2nc(-c3ccc(F)cc3)c(-c3ccncc3)s2)cc1.CC(C)Cc1ccc(C2=NC=C(c3ccc(F)cc3)C2)cc1.CC(C)c1cccc(C2=NC(c3ccc(F)cc3)=C(c3ccncc3)C2)c1. The first-order valence-corrected chi connectivity index (χ1v) is 42.6. The van der Waals surface area contributed by atoms with E-state index >= 15 is 0 Å². The van der Waals surface area contributed by atoms with Gasteiger partial charge in [0.25, 0.3) is 0 Å². The molecule has 4 aliphatic rings. The molecule has 0 saturated heterocycles. The van der Waals surface area contributed by atoms with E-state index in [-0.39, 0.29) is 34.5 Å². The van der Waals surface area contributed by atoms with Crippen molar-refractivity contribution in [1.29, 1.82) is 0 Å². The van der Waals surface area contributed by atoms with E-state index in [9.17, 15) is 22.0 Å². The Morgan fingerprint density at radius 1 is 0.336 bits per heavy atom. The third-order valence-corrected chi connectivity index (χ3v) is 22.0. The molecule has 616 valence electrons. The van der Waals surface area contributed by atoms with Crippen molar-refractivity contribution in [2.24, 2.45) is 43.1 Å². The summed E-state index contributed by atoms with van der Waals surface area (Å²) in [5.41, 5.74) is 29.7. The lowest BCUT2D eigenvalue weighted by Crippen LogP contribution is -2.11. The molecule has 9 nitrogen and oxygen atoms in total. The Hall–Kier alpha value is -12.7. The van der Waals surface area contributed by atoms with Gasteiger partial charge in [0, 0.05) is 121 Å². The van der Waals surface area contributed by atoms with Crippen LogP contribution in [0.3, 0.4) is 0 Å². The van der Waals surface area contributed by atoms with E-state index in [2.05, 4.69) is 174 Å². The molecule has 0 radical (unpaired) electrons. The Bertz CT molecular complexity index is 5950. The van der Waals surface area contributed by atoms with Crippen LogP contribution >= 0.6 is 11.3 Å². The summed E-state index contributed by atoms with van der Waals surface area (Å²) in [7, 11) is 0. The van der Waals surface area contributed by atoms with Gasteiger partial charge in [-0.2, -0.15) is 0 Å². The first-order chi connectivity index (χ1) is 58.9. The van der Waals surface area contributed by atoms with Gasteiger partial charge in [0.1, 0.15) is 34.1 Å². The minimum atomic E-state index is -0.245. The van der Waals surface area contributed by atoms with Gasteiger partial charge in [-0.1, -0.05) is 155 Å². The minimum Gasteiger partial charge on any atom is -0.265 e. The maximum absolute atomic E-state index is 13.4. The number of hydrogen-bond donors (Lipinski definition) is 0. The van der Waals surface area contributed by atoms with E-state index < -0.39 is 0 Å². The van der Waals surface area contributed by atoms with Crippen LogP contribution in [0.25, 0.3) is 71.7 Å². The first-order valence-electron chi connectivity index (χ1n) is 41.8. The second kappa shape index (κ2) is 41.0. The van der Waals surface area contributed by atoms with Gasteiger partial charge in [0.15, 0.2) is 0 Å². The van der Waals surface area contributed by atoms with E-state index in [0.717, 1.165) is 168 Å². The van der Waals surface area contributed by atoms with E-state index in [1.165, 1.54) is 105 Å². The lowest BCUT2D eigenvalue weighted by Gasteiger charge is -2.17. The minimum absolute atomic E-state index is 0.195. The van der Waals surface area contributed by atoms with Gasteiger partial charge >= 0.3 is 0 Å². The topological polar surface area (TPSA) is 114 Å². The monoisotopic (exact) mass is 1640 g/mol. The van der Waals surface area contributed by atoms with Crippen LogP contribution in [0.1, 0.15) is 187 Å². The Morgan fingerprint density at radius 3 is 1.14 bits per heavy atom. The van der Waals surface area contributed by atoms with Crippen LogP contribution in [0.4, 0.5) is 22.0 Å². The van der Waals surface area contributed by atoms with Gasteiger partial charge in [0.05, 0.1) is 39.1 Å². The lowest BCUT2D eigenvalue weighted by atomic mass is 9.87. The highest BCUT2D eigenvalue weighted by Crippen LogP contribution is 2.44. The predicted molar refractivity (Wildman–Crippen MR) is 497 cm³/mol. The van der Waals surface area contributed by atoms with Gasteiger partial charge in [-0.15, -0.1) is 11.3 Å². The summed E-state index contributed by atoms with van der Waals surface area (Å²) < 4.78 is 66.2. The summed E-state index contributed by atoms with van der Waals surface area (Å²) in [5.74, 6) is 1.21. The number of allylic oxidation sites excluding steroid dienone is 4. The maximum atomic E-state index is 13.4. The van der Waals surface area contributed by atoms with Gasteiger partial charge in [-0.05, 0) is 296 Å². The Kier molecular flexibility index (Phi) is 29.3. The third-order valence-electron chi connectivity index (χ3n) is 20.9. The molecule has 0 atom stereocenters. The molecule has 122 heavy (non-hydrogen) atoms. The Labute approximate surface area is 719 Å². The standard InChI is InChI=1S/C24H21FN2S.C24H21FN2.C20H21FN2.C20H20FN.C19H19FN2/c1-16(2)15-17-3-5-20(6-4-17)24-27-22(18-7-9-21(25)10-8-18)23(28-24)19-11-13-26-14-12-19;1-16(2)19-4-3-5-20(14-19)23-15-22(17-10-12-26-13-11-17)24(27-23)18-6-8-21(25)9-7-18;1-20(2,3)13-17-12-18(14-8-10-22-11-9-14)19(23-17)15-4-6-16(21)7-5-15;1-14(2)11-15-3-5-17(6-4-15)20-12-18(13-22-20)16-7-9-19(21)10-8-16;1-13(2)11-17-12-18(14-7-9-21-10-8-14)19(22-17)15-3-5-16(20)6-4-15/h3-14,16H,15H2,1-2H3;3-14,16H,15H2,1-2H3;4-11H,12-13H2,1-3H3;3-10,13-14H,11-12H2,1-2H3;3-10,13H,11-12H2,1-2H3. The number of pyridine rings is 4. The number of hydrogen-bond acceptors (Lipinski definition) is 10. The number of aromatic nitrogens is 5. The Balaban J connectivity index is 0.000000132. The number of halogens is 5. The largest absolute Gasteiger partial charge is 0.265 e. The summed E-state index contributed by atoms with van der Waals surface area (Å²) >= 11 is 1.65. The number of nitrogens with zero attached hydrogens (tertiary/aromatic N) is 9. The molecule has 0 N–H and O–H groups in total. The average molecular weight is 1640 g/mol. The molecule has 0 saturated carbocycles. The van der Waals surface area contributed by atoms with Crippen LogP contribution in [0.5, 0.6) is 0 Å². The van der Waals surface area contributed by atoms with E-state index in [4.69, 9.17) is 20.0 Å². The summed E-state index contributed by atoms with van der Waals surface area (Å²) in [6, 6.07) is 74.8. The molecule has 4 aliphatic heterocycles. The van der Waals surface area contributed by atoms with Crippen molar-refractivity contribution in [3.05, 3.63) is 394 Å². The Morgan fingerprint density at radius 2 is 0.713 bits per heavy atom. The van der Waals surface area contributed by atoms with Crippen molar-refractivity contribution in [2.75, 3.05) is 0 Å². The van der Waals surface area contributed by atoms with Crippen molar-refractivity contribution < 1.29 is 22.0 Å². The molecule has 0 aliphatic carbocycles.